The molecular formula is C17H33IN4OS. The minimum Gasteiger partial charge on any atom is -0.381 e. The van der Waals surface area contributed by atoms with Gasteiger partial charge in [0.05, 0.1) is 12.2 Å². The first-order valence-corrected chi connectivity index (χ1v) is 9.32. The van der Waals surface area contributed by atoms with E-state index in [-0.39, 0.29) is 29.4 Å². The lowest BCUT2D eigenvalue weighted by molar-refractivity contribution is 0.129. The van der Waals surface area contributed by atoms with Crippen LogP contribution in [0.3, 0.4) is 0 Å². The Labute approximate surface area is 168 Å². The van der Waals surface area contributed by atoms with Crippen LogP contribution in [0.1, 0.15) is 57.7 Å². The molecule has 0 aromatic carbocycles. The van der Waals surface area contributed by atoms with Crippen LogP contribution in [0.25, 0.3) is 0 Å². The molecule has 0 unspecified atom stereocenters. The summed E-state index contributed by atoms with van der Waals surface area (Å²) in [5, 5.41) is 9.83. The minimum atomic E-state index is 0. The molecule has 24 heavy (non-hydrogen) atoms. The van der Waals surface area contributed by atoms with E-state index in [1.54, 1.807) is 18.4 Å². The number of halogens is 1. The van der Waals surface area contributed by atoms with Crippen LogP contribution in [0.2, 0.25) is 0 Å². The van der Waals surface area contributed by atoms with Gasteiger partial charge in [-0.2, -0.15) is 0 Å². The van der Waals surface area contributed by atoms with Crippen LogP contribution in [0.5, 0.6) is 0 Å². The molecule has 7 heteroatoms. The predicted molar refractivity (Wildman–Crippen MR) is 115 cm³/mol. The van der Waals surface area contributed by atoms with Crippen LogP contribution < -0.4 is 10.6 Å². The summed E-state index contributed by atoms with van der Waals surface area (Å²) in [5.74, 6) is 0.811. The van der Waals surface area contributed by atoms with Gasteiger partial charge in [-0.25, -0.2) is 4.98 Å². The Morgan fingerprint density at radius 1 is 1.25 bits per heavy atom. The third-order valence-electron chi connectivity index (χ3n) is 3.35. The number of guanidine groups is 1. The molecule has 0 spiro atoms. The van der Waals surface area contributed by atoms with Crippen LogP contribution in [0.4, 0.5) is 0 Å². The van der Waals surface area contributed by atoms with Crippen molar-refractivity contribution in [2.75, 3.05) is 26.8 Å². The summed E-state index contributed by atoms with van der Waals surface area (Å²) in [7, 11) is 1.79. The van der Waals surface area contributed by atoms with Gasteiger partial charge in [-0.3, -0.25) is 4.99 Å². The third kappa shape index (κ3) is 9.78. The molecule has 0 aliphatic carbocycles. The molecule has 0 atom stereocenters. The Morgan fingerprint density at radius 2 is 1.96 bits per heavy atom. The third-order valence-corrected chi connectivity index (χ3v) is 4.20. The average molecular weight is 468 g/mol. The largest absolute Gasteiger partial charge is 0.381 e. The highest BCUT2D eigenvalue weighted by molar-refractivity contribution is 14.0. The van der Waals surface area contributed by atoms with Crippen molar-refractivity contribution in [3.8, 4) is 0 Å². The molecule has 0 amide bonds. The summed E-state index contributed by atoms with van der Waals surface area (Å²) in [6.45, 7) is 11.9. The molecule has 1 rings (SSSR count). The van der Waals surface area contributed by atoms with Crippen molar-refractivity contribution < 1.29 is 4.74 Å². The van der Waals surface area contributed by atoms with Crippen molar-refractivity contribution in [3.63, 3.8) is 0 Å². The minimum absolute atomic E-state index is 0. The van der Waals surface area contributed by atoms with Crippen LogP contribution in [-0.4, -0.2) is 37.7 Å². The smallest absolute Gasteiger partial charge is 0.191 e. The maximum absolute atomic E-state index is 5.54. The van der Waals surface area contributed by atoms with Gasteiger partial charge in [0.15, 0.2) is 5.96 Å². The summed E-state index contributed by atoms with van der Waals surface area (Å²) in [5.41, 5.74) is 1.25. The summed E-state index contributed by atoms with van der Waals surface area (Å²) in [6.07, 6.45) is 3.30. The van der Waals surface area contributed by atoms with Gasteiger partial charge in [-0.15, -0.1) is 35.3 Å². The molecular weight excluding hydrogens is 435 g/mol. The topological polar surface area (TPSA) is 58.5 Å². The molecule has 140 valence electrons. The molecule has 0 fully saturated rings. The lowest BCUT2D eigenvalue weighted by atomic mass is 9.93. The van der Waals surface area contributed by atoms with E-state index in [2.05, 4.69) is 53.7 Å². The summed E-state index contributed by atoms with van der Waals surface area (Å²) < 4.78 is 5.54. The van der Waals surface area contributed by atoms with Gasteiger partial charge < -0.3 is 15.4 Å². The zero-order chi connectivity index (χ0) is 17.1. The maximum atomic E-state index is 5.54. The van der Waals surface area contributed by atoms with E-state index in [0.29, 0.717) is 6.54 Å². The number of hydrogen-bond acceptors (Lipinski definition) is 4. The molecule has 1 aromatic heterocycles. The highest BCUT2D eigenvalue weighted by atomic mass is 127. The van der Waals surface area contributed by atoms with E-state index >= 15 is 0 Å². The summed E-state index contributed by atoms with van der Waals surface area (Å²) in [6, 6.07) is 0. The van der Waals surface area contributed by atoms with Crippen molar-refractivity contribution in [3.05, 3.63) is 16.1 Å². The van der Waals surface area contributed by atoms with E-state index in [1.807, 2.05) is 0 Å². The molecule has 0 saturated carbocycles. The zero-order valence-electron chi connectivity index (χ0n) is 15.6. The predicted octanol–water partition coefficient (Wildman–Crippen LogP) is 3.93. The van der Waals surface area contributed by atoms with E-state index < -0.39 is 0 Å². The number of unbranched alkanes of at least 4 members (excludes halogenated alkanes) is 1. The Hall–Kier alpha value is -0.410. The van der Waals surface area contributed by atoms with Gasteiger partial charge in [-0.1, -0.05) is 34.1 Å². The van der Waals surface area contributed by atoms with E-state index in [4.69, 9.17) is 4.74 Å². The molecule has 0 bridgehead atoms. The van der Waals surface area contributed by atoms with Gasteiger partial charge >= 0.3 is 0 Å². The van der Waals surface area contributed by atoms with Gasteiger partial charge in [0, 0.05) is 37.6 Å². The number of aliphatic imine (C=N–C) groups is 1. The fourth-order valence-electron chi connectivity index (χ4n) is 1.85. The maximum Gasteiger partial charge on any atom is 0.191 e. The van der Waals surface area contributed by atoms with Crippen LogP contribution in [-0.2, 0) is 16.7 Å². The number of ether oxygens (including phenoxy) is 1. The quantitative estimate of drug-likeness (QED) is 0.250. The summed E-state index contributed by atoms with van der Waals surface area (Å²) >= 11 is 1.69. The fraction of sp³-hybridized carbons (Fsp3) is 0.765. The first kappa shape index (κ1) is 23.6. The highest BCUT2D eigenvalue weighted by Gasteiger charge is 2.17. The highest BCUT2D eigenvalue weighted by Crippen LogP contribution is 2.23. The molecule has 0 aliphatic heterocycles. The molecule has 5 nitrogen and oxygen atoms in total. The molecule has 0 saturated heterocycles. The lowest BCUT2D eigenvalue weighted by Crippen LogP contribution is -2.37. The van der Waals surface area contributed by atoms with Crippen molar-refractivity contribution in [1.82, 2.24) is 15.6 Å². The Kier molecular flexibility index (Phi) is 12.7. The van der Waals surface area contributed by atoms with Crippen LogP contribution in [0.15, 0.2) is 10.4 Å². The Bertz CT molecular complexity index is 471. The van der Waals surface area contributed by atoms with Gasteiger partial charge in [0.1, 0.15) is 5.01 Å². The Balaban J connectivity index is 0.00000529. The summed E-state index contributed by atoms with van der Waals surface area (Å²) in [4.78, 5) is 8.92. The monoisotopic (exact) mass is 468 g/mol. The van der Waals surface area contributed by atoms with Gasteiger partial charge in [-0.05, 0) is 12.8 Å². The Morgan fingerprint density at radius 3 is 2.54 bits per heavy atom. The van der Waals surface area contributed by atoms with Gasteiger partial charge in [0.2, 0.25) is 0 Å². The standard InChI is InChI=1S/C17H32N4OS.HI/c1-6-7-10-22-11-8-9-19-16(18-5)20-12-15-21-14(13-23-15)17(2,3)4;/h13H,6-12H2,1-5H3,(H2,18,19,20);1H. The molecule has 1 aromatic rings. The zero-order valence-corrected chi connectivity index (χ0v) is 18.8. The number of nitrogens with zero attached hydrogens (tertiary/aromatic N) is 2. The second-order valence-electron chi connectivity index (χ2n) is 6.55. The normalized spacial score (nSPS) is 12.0. The van der Waals surface area contributed by atoms with Crippen molar-refractivity contribution in [2.24, 2.45) is 4.99 Å². The molecule has 1 heterocycles. The SMILES string of the molecule is CCCCOCCCNC(=NC)NCc1nc(C(C)(C)C)cs1.I. The van der Waals surface area contributed by atoms with Crippen LogP contribution >= 0.6 is 35.3 Å². The number of hydrogen-bond donors (Lipinski definition) is 2. The van der Waals surface area contributed by atoms with E-state index in [9.17, 15) is 0 Å². The first-order chi connectivity index (χ1) is 11.0. The second kappa shape index (κ2) is 12.9. The fourth-order valence-corrected chi connectivity index (χ4v) is 2.81. The number of aromatic nitrogens is 1. The van der Waals surface area contributed by atoms with E-state index in [0.717, 1.165) is 49.3 Å². The van der Waals surface area contributed by atoms with Crippen molar-refractivity contribution in [2.45, 2.75) is 58.9 Å². The second-order valence-corrected chi connectivity index (χ2v) is 7.49. The molecule has 0 radical (unpaired) electrons. The lowest BCUT2D eigenvalue weighted by Gasteiger charge is -2.14. The molecule has 2 N–H and O–H groups in total. The van der Waals surface area contributed by atoms with Gasteiger partial charge in [0.25, 0.3) is 0 Å². The number of rotatable bonds is 9. The number of nitrogens with one attached hydrogen (secondary N) is 2. The van der Waals surface area contributed by atoms with Crippen molar-refractivity contribution >= 4 is 41.3 Å². The van der Waals surface area contributed by atoms with Crippen LogP contribution in [0, 0.1) is 0 Å². The number of thiazole rings is 1. The molecule has 0 aliphatic rings. The average Bonchev–Trinajstić information content (AvgIpc) is 2.98. The van der Waals surface area contributed by atoms with Crippen molar-refractivity contribution in [1.29, 1.82) is 0 Å². The van der Waals surface area contributed by atoms with E-state index in [1.165, 1.54) is 6.42 Å². The first-order valence-electron chi connectivity index (χ1n) is 8.44.